The molecule has 0 bridgehead atoms. The second-order valence-electron chi connectivity index (χ2n) is 8.05. The first-order valence-corrected chi connectivity index (χ1v) is 15.4. The van der Waals surface area contributed by atoms with E-state index in [1.165, 1.54) is 18.8 Å². The summed E-state index contributed by atoms with van der Waals surface area (Å²) in [7, 11) is -2.46. The number of hydrogen-bond acceptors (Lipinski definition) is 6. The smallest absolute Gasteiger partial charge is 0.261 e. The first-order chi connectivity index (χ1) is 13.9. The van der Waals surface area contributed by atoms with Crippen molar-refractivity contribution in [2.45, 2.75) is 39.5 Å². The fraction of sp³-hybridized carbons (Fsp3) is 0.318. The SMILES string of the molecule is CC(C)(C)[Si](OCC1CSc2sc(=S)sc2S1)(c1ccccc1)c1ccccc1. The summed E-state index contributed by atoms with van der Waals surface area (Å²) >= 11 is 12.8. The predicted molar refractivity (Wildman–Crippen MR) is 137 cm³/mol. The maximum atomic E-state index is 7.11. The summed E-state index contributed by atoms with van der Waals surface area (Å²) in [4.78, 5) is 0. The Labute approximate surface area is 196 Å². The molecule has 1 unspecified atom stereocenters. The lowest BCUT2D eigenvalue weighted by molar-refractivity contribution is 0.303. The molecule has 2 aromatic carbocycles. The van der Waals surface area contributed by atoms with Crippen molar-refractivity contribution in [2.24, 2.45) is 0 Å². The van der Waals surface area contributed by atoms with Gasteiger partial charge in [-0.1, -0.05) is 93.7 Å². The van der Waals surface area contributed by atoms with Crippen LogP contribution in [0.5, 0.6) is 0 Å². The highest BCUT2D eigenvalue weighted by molar-refractivity contribution is 8.08. The molecule has 0 N–H and O–H groups in total. The molecule has 3 aromatic rings. The predicted octanol–water partition coefficient (Wildman–Crippen LogP) is 6.68. The van der Waals surface area contributed by atoms with Crippen LogP contribution in [0.4, 0.5) is 0 Å². The van der Waals surface area contributed by atoms with Crippen molar-refractivity contribution in [2.75, 3.05) is 12.4 Å². The summed E-state index contributed by atoms with van der Waals surface area (Å²) < 4.78 is 10.9. The van der Waals surface area contributed by atoms with Crippen LogP contribution in [0, 0.1) is 3.14 Å². The Hall–Kier alpha value is -0.413. The number of hydrogen-bond donors (Lipinski definition) is 0. The highest BCUT2D eigenvalue weighted by atomic mass is 32.2. The molecule has 1 aromatic heterocycles. The zero-order valence-electron chi connectivity index (χ0n) is 16.7. The molecule has 0 saturated heterocycles. The molecule has 0 radical (unpaired) electrons. The van der Waals surface area contributed by atoms with Crippen LogP contribution in [0.15, 0.2) is 69.1 Å². The molecule has 0 aliphatic carbocycles. The third-order valence-electron chi connectivity index (χ3n) is 5.10. The Balaban J connectivity index is 1.69. The summed E-state index contributed by atoms with van der Waals surface area (Å²) in [6, 6.07) is 21.8. The van der Waals surface area contributed by atoms with Crippen LogP contribution in [-0.4, -0.2) is 25.9 Å². The van der Waals surface area contributed by atoms with E-state index in [1.54, 1.807) is 22.7 Å². The summed E-state index contributed by atoms with van der Waals surface area (Å²) in [5, 5.41) is 3.17. The molecule has 152 valence electrons. The van der Waals surface area contributed by atoms with E-state index in [2.05, 4.69) is 81.4 Å². The van der Waals surface area contributed by atoms with Gasteiger partial charge in [0, 0.05) is 17.6 Å². The fourth-order valence-corrected chi connectivity index (χ4v) is 15.1. The van der Waals surface area contributed by atoms with Gasteiger partial charge in [-0.25, -0.2) is 0 Å². The lowest BCUT2D eigenvalue weighted by Crippen LogP contribution is -2.67. The first-order valence-electron chi connectivity index (χ1n) is 9.58. The normalized spacial score (nSPS) is 17.1. The molecule has 0 amide bonds. The molecule has 7 heteroatoms. The third kappa shape index (κ3) is 4.47. The van der Waals surface area contributed by atoms with Crippen LogP contribution in [-0.2, 0) is 4.43 Å². The van der Waals surface area contributed by atoms with Crippen molar-refractivity contribution < 1.29 is 4.43 Å². The Morgan fingerprint density at radius 2 is 1.48 bits per heavy atom. The quantitative estimate of drug-likeness (QED) is 0.290. The first kappa shape index (κ1) is 21.8. The zero-order valence-corrected chi connectivity index (χ0v) is 21.8. The van der Waals surface area contributed by atoms with Gasteiger partial charge in [-0.3, -0.25) is 0 Å². The maximum absolute atomic E-state index is 7.11. The van der Waals surface area contributed by atoms with Crippen LogP contribution in [0.25, 0.3) is 0 Å². The van der Waals surface area contributed by atoms with Crippen molar-refractivity contribution in [3.05, 3.63) is 63.8 Å². The second kappa shape index (κ2) is 8.98. The van der Waals surface area contributed by atoms with Gasteiger partial charge in [0.15, 0.2) is 0 Å². The molecular weight excluding hydrogens is 469 g/mol. The largest absolute Gasteiger partial charge is 0.406 e. The van der Waals surface area contributed by atoms with Crippen molar-refractivity contribution in [1.82, 2.24) is 0 Å². The lowest BCUT2D eigenvalue weighted by Gasteiger charge is -2.43. The van der Waals surface area contributed by atoms with Crippen LogP contribution >= 0.6 is 58.4 Å². The van der Waals surface area contributed by atoms with Crippen molar-refractivity contribution in [1.29, 1.82) is 0 Å². The Bertz CT molecular complexity index is 967. The van der Waals surface area contributed by atoms with Gasteiger partial charge in [0.25, 0.3) is 8.32 Å². The summed E-state index contributed by atoms with van der Waals surface area (Å²) in [6.45, 7) is 7.78. The lowest BCUT2D eigenvalue weighted by atomic mass is 10.2. The molecule has 1 aliphatic rings. The van der Waals surface area contributed by atoms with Gasteiger partial charge < -0.3 is 4.43 Å². The van der Waals surface area contributed by atoms with Crippen molar-refractivity contribution in [3.63, 3.8) is 0 Å². The van der Waals surface area contributed by atoms with Gasteiger partial charge >= 0.3 is 0 Å². The van der Waals surface area contributed by atoms with E-state index in [1.807, 2.05) is 23.5 Å². The molecule has 1 aliphatic heterocycles. The van der Waals surface area contributed by atoms with E-state index in [-0.39, 0.29) is 5.04 Å². The minimum Gasteiger partial charge on any atom is -0.406 e. The standard InChI is InChI=1S/C22H24OS5Si/c1-22(2,3)29(17-10-6-4-7-11-17,18-12-8-5-9-13-18)23-14-16-15-25-19-20(26-16)28-21(24)27-19/h4-13,16H,14-15H2,1-3H3. The summed E-state index contributed by atoms with van der Waals surface area (Å²) in [5.41, 5.74) is 0. The van der Waals surface area contributed by atoms with Gasteiger partial charge in [-0.2, -0.15) is 0 Å². The number of fused-ring (bicyclic) bond motifs is 1. The van der Waals surface area contributed by atoms with Gasteiger partial charge in [0.2, 0.25) is 0 Å². The topological polar surface area (TPSA) is 9.23 Å². The van der Waals surface area contributed by atoms with E-state index in [0.717, 1.165) is 15.5 Å². The van der Waals surface area contributed by atoms with Gasteiger partial charge in [-0.15, -0.1) is 46.2 Å². The molecule has 1 atom stereocenters. The molecule has 0 fully saturated rings. The van der Waals surface area contributed by atoms with E-state index in [0.29, 0.717) is 5.25 Å². The monoisotopic (exact) mass is 492 g/mol. The minimum absolute atomic E-state index is 0.0200. The summed E-state index contributed by atoms with van der Waals surface area (Å²) in [5.74, 6) is 1.08. The zero-order chi connectivity index (χ0) is 20.5. The van der Waals surface area contributed by atoms with Gasteiger partial charge in [-0.05, 0) is 15.4 Å². The van der Waals surface area contributed by atoms with Crippen molar-refractivity contribution in [3.8, 4) is 0 Å². The summed E-state index contributed by atoms with van der Waals surface area (Å²) in [6.07, 6.45) is 0. The maximum Gasteiger partial charge on any atom is 0.261 e. The Morgan fingerprint density at radius 3 is 2.03 bits per heavy atom. The molecule has 0 saturated carbocycles. The third-order valence-corrected chi connectivity index (χ3v) is 16.2. The van der Waals surface area contributed by atoms with Crippen LogP contribution in [0.3, 0.4) is 0 Å². The molecule has 1 nitrogen and oxygen atoms in total. The number of benzene rings is 2. The van der Waals surface area contributed by atoms with E-state index in [4.69, 9.17) is 16.6 Å². The van der Waals surface area contributed by atoms with Crippen molar-refractivity contribution >= 4 is 77.1 Å². The fourth-order valence-electron chi connectivity index (χ4n) is 3.83. The van der Waals surface area contributed by atoms with E-state index < -0.39 is 8.32 Å². The Kier molecular flexibility index (Phi) is 6.76. The average molecular weight is 493 g/mol. The van der Waals surface area contributed by atoms with Crippen LogP contribution in [0.2, 0.25) is 5.04 Å². The molecule has 2 heterocycles. The number of thioether (sulfide) groups is 2. The molecule has 29 heavy (non-hydrogen) atoms. The molecular formula is C22H24OS5Si. The highest BCUT2D eigenvalue weighted by Gasteiger charge is 2.50. The van der Waals surface area contributed by atoms with Gasteiger partial charge in [0.1, 0.15) is 3.14 Å². The highest BCUT2D eigenvalue weighted by Crippen LogP contribution is 2.48. The van der Waals surface area contributed by atoms with Crippen LogP contribution < -0.4 is 10.4 Å². The van der Waals surface area contributed by atoms with Crippen LogP contribution in [0.1, 0.15) is 20.8 Å². The Morgan fingerprint density at radius 1 is 0.931 bits per heavy atom. The molecule has 4 rings (SSSR count). The minimum atomic E-state index is -2.46. The van der Waals surface area contributed by atoms with E-state index in [9.17, 15) is 0 Å². The van der Waals surface area contributed by atoms with E-state index >= 15 is 0 Å². The second-order valence-corrected chi connectivity index (χ2v) is 18.4. The van der Waals surface area contributed by atoms with Gasteiger partial charge in [0.05, 0.1) is 8.42 Å². The average Bonchev–Trinajstić information content (AvgIpc) is 3.08. The number of rotatable bonds is 5. The molecule has 0 spiro atoms.